The Bertz CT molecular complexity index is 598. The Kier molecular flexibility index (Phi) is 4.62. The van der Waals surface area contributed by atoms with E-state index in [2.05, 4.69) is 10.2 Å². The summed E-state index contributed by atoms with van der Waals surface area (Å²) in [5, 5.41) is 7.89. The lowest BCUT2D eigenvalue weighted by atomic mass is 10.0. The van der Waals surface area contributed by atoms with Crippen molar-refractivity contribution in [3.05, 3.63) is 30.0 Å². The molecule has 3 N–H and O–H groups in total. The Balaban J connectivity index is 0.00000147. The predicted octanol–water partition coefficient (Wildman–Crippen LogP) is 1.94. The molecule has 0 bridgehead atoms. The van der Waals surface area contributed by atoms with Gasteiger partial charge in [-0.05, 0) is 25.3 Å². The average molecular weight is 295 g/mol. The first-order chi connectivity index (χ1) is 9.31. The van der Waals surface area contributed by atoms with Crippen molar-refractivity contribution in [2.45, 2.75) is 25.3 Å². The third-order valence-corrected chi connectivity index (χ3v) is 3.87. The van der Waals surface area contributed by atoms with E-state index in [-0.39, 0.29) is 24.4 Å². The average Bonchev–Trinajstić information content (AvgIpc) is 2.94. The molecule has 3 rings (SSSR count). The number of halogens is 1. The molecule has 1 atom stereocenters. The Hall–Kier alpha value is -1.59. The number of likely N-dealkylation sites (tertiary alicyclic amines) is 1. The number of nitrogens with zero attached hydrogens (tertiary/aromatic N) is 2. The van der Waals surface area contributed by atoms with E-state index in [4.69, 9.17) is 5.73 Å². The van der Waals surface area contributed by atoms with Gasteiger partial charge in [-0.2, -0.15) is 5.10 Å². The molecule has 0 saturated carbocycles. The van der Waals surface area contributed by atoms with Gasteiger partial charge in [-0.3, -0.25) is 9.89 Å². The Labute approximate surface area is 123 Å². The first-order valence-electron chi connectivity index (χ1n) is 6.74. The number of aromatic nitrogens is 2. The fourth-order valence-corrected chi connectivity index (χ4v) is 2.81. The van der Waals surface area contributed by atoms with E-state index < -0.39 is 0 Å². The number of para-hydroxylation sites is 1. The normalized spacial score (nSPS) is 18.9. The standard InChI is InChI=1S/C14H18N4O.ClH/c15-8-11-5-1-2-7-18(11)14(19)12-6-3-4-10-9-16-17-13(10)12;/h3-4,6,9,11H,1-2,5,7-8,15H2,(H,16,17);1H. The molecule has 1 fully saturated rings. The number of aromatic amines is 1. The second-order valence-electron chi connectivity index (χ2n) is 5.02. The Morgan fingerprint density at radius 3 is 3.10 bits per heavy atom. The van der Waals surface area contributed by atoms with Crippen LogP contribution >= 0.6 is 12.4 Å². The van der Waals surface area contributed by atoms with Crippen molar-refractivity contribution in [1.82, 2.24) is 15.1 Å². The number of nitrogens with two attached hydrogens (primary N) is 1. The van der Waals surface area contributed by atoms with Gasteiger partial charge in [0.15, 0.2) is 0 Å². The fraction of sp³-hybridized carbons (Fsp3) is 0.429. The zero-order valence-corrected chi connectivity index (χ0v) is 12.0. The van der Waals surface area contributed by atoms with E-state index in [1.807, 2.05) is 23.1 Å². The summed E-state index contributed by atoms with van der Waals surface area (Å²) < 4.78 is 0. The quantitative estimate of drug-likeness (QED) is 0.889. The third kappa shape index (κ3) is 2.51. The van der Waals surface area contributed by atoms with E-state index in [9.17, 15) is 4.79 Å². The number of amides is 1. The van der Waals surface area contributed by atoms with Crippen LogP contribution in [0.5, 0.6) is 0 Å². The summed E-state index contributed by atoms with van der Waals surface area (Å²) in [5.41, 5.74) is 7.29. The lowest BCUT2D eigenvalue weighted by molar-refractivity contribution is 0.0625. The number of rotatable bonds is 2. The first kappa shape index (κ1) is 14.8. The largest absolute Gasteiger partial charge is 0.334 e. The molecule has 5 nitrogen and oxygen atoms in total. The van der Waals surface area contributed by atoms with Crippen molar-refractivity contribution < 1.29 is 4.79 Å². The van der Waals surface area contributed by atoms with Gasteiger partial charge >= 0.3 is 0 Å². The maximum atomic E-state index is 12.7. The zero-order chi connectivity index (χ0) is 13.2. The van der Waals surface area contributed by atoms with E-state index >= 15 is 0 Å². The van der Waals surface area contributed by atoms with Crippen molar-refractivity contribution in [1.29, 1.82) is 0 Å². The maximum Gasteiger partial charge on any atom is 0.256 e. The molecule has 1 aliphatic rings. The summed E-state index contributed by atoms with van der Waals surface area (Å²) in [6, 6.07) is 5.86. The number of hydrogen-bond acceptors (Lipinski definition) is 3. The summed E-state index contributed by atoms with van der Waals surface area (Å²) in [6.45, 7) is 1.33. The summed E-state index contributed by atoms with van der Waals surface area (Å²) in [6.07, 6.45) is 4.95. The number of nitrogens with one attached hydrogen (secondary N) is 1. The highest BCUT2D eigenvalue weighted by Gasteiger charge is 2.27. The highest BCUT2D eigenvalue weighted by Crippen LogP contribution is 2.22. The lowest BCUT2D eigenvalue weighted by Crippen LogP contribution is -2.47. The third-order valence-electron chi connectivity index (χ3n) is 3.87. The molecule has 1 aromatic carbocycles. The maximum absolute atomic E-state index is 12.7. The second kappa shape index (κ2) is 6.24. The number of carbonyl (C=O) groups excluding carboxylic acids is 1. The van der Waals surface area contributed by atoms with Crippen LogP contribution in [0, 0.1) is 0 Å². The van der Waals surface area contributed by atoms with Crippen LogP contribution in [0.1, 0.15) is 29.6 Å². The van der Waals surface area contributed by atoms with Crippen LogP contribution in [0.2, 0.25) is 0 Å². The molecular formula is C14H19ClN4O. The smallest absolute Gasteiger partial charge is 0.256 e. The Morgan fingerprint density at radius 1 is 1.45 bits per heavy atom. The number of benzene rings is 1. The molecule has 0 spiro atoms. The van der Waals surface area contributed by atoms with Crippen molar-refractivity contribution in [2.75, 3.05) is 13.1 Å². The van der Waals surface area contributed by atoms with Gasteiger partial charge in [-0.15, -0.1) is 12.4 Å². The van der Waals surface area contributed by atoms with Crippen LogP contribution in [0.25, 0.3) is 10.9 Å². The summed E-state index contributed by atoms with van der Waals surface area (Å²) in [7, 11) is 0. The van der Waals surface area contributed by atoms with Crippen molar-refractivity contribution >= 4 is 29.2 Å². The molecule has 0 aliphatic carbocycles. The van der Waals surface area contributed by atoms with Crippen LogP contribution in [0.15, 0.2) is 24.4 Å². The molecule has 2 aromatic rings. The van der Waals surface area contributed by atoms with Gasteiger partial charge in [0, 0.05) is 24.5 Å². The molecule has 6 heteroatoms. The molecule has 108 valence electrons. The van der Waals surface area contributed by atoms with Gasteiger partial charge in [0.05, 0.1) is 17.3 Å². The van der Waals surface area contributed by atoms with Crippen molar-refractivity contribution in [3.8, 4) is 0 Å². The molecule has 20 heavy (non-hydrogen) atoms. The molecular weight excluding hydrogens is 276 g/mol. The fourth-order valence-electron chi connectivity index (χ4n) is 2.81. The molecule has 2 heterocycles. The van der Waals surface area contributed by atoms with E-state index in [0.717, 1.165) is 36.7 Å². The van der Waals surface area contributed by atoms with Gasteiger partial charge in [0.1, 0.15) is 0 Å². The zero-order valence-electron chi connectivity index (χ0n) is 11.2. The molecule has 1 saturated heterocycles. The van der Waals surface area contributed by atoms with Crippen LogP contribution < -0.4 is 5.73 Å². The summed E-state index contributed by atoms with van der Waals surface area (Å²) in [5.74, 6) is 0.0602. The van der Waals surface area contributed by atoms with Crippen LogP contribution in [0.3, 0.4) is 0 Å². The topological polar surface area (TPSA) is 75.0 Å². The van der Waals surface area contributed by atoms with E-state index in [1.54, 1.807) is 6.20 Å². The molecule has 1 aromatic heterocycles. The monoisotopic (exact) mass is 294 g/mol. The predicted molar refractivity (Wildman–Crippen MR) is 81.1 cm³/mol. The van der Waals surface area contributed by atoms with Crippen LogP contribution in [0.4, 0.5) is 0 Å². The highest BCUT2D eigenvalue weighted by molar-refractivity contribution is 6.05. The minimum atomic E-state index is 0. The number of fused-ring (bicyclic) bond motifs is 1. The van der Waals surface area contributed by atoms with Gasteiger partial charge < -0.3 is 10.6 Å². The number of piperidine rings is 1. The minimum absolute atomic E-state index is 0. The number of hydrogen-bond donors (Lipinski definition) is 2. The summed E-state index contributed by atoms with van der Waals surface area (Å²) in [4.78, 5) is 14.6. The molecule has 0 radical (unpaired) electrons. The Morgan fingerprint density at radius 2 is 2.30 bits per heavy atom. The van der Waals surface area contributed by atoms with Gasteiger partial charge in [0.2, 0.25) is 0 Å². The second-order valence-corrected chi connectivity index (χ2v) is 5.02. The molecule has 1 amide bonds. The SMILES string of the molecule is Cl.NCC1CCCCN1C(=O)c1cccc2cn[nH]c12. The first-order valence-corrected chi connectivity index (χ1v) is 6.74. The number of carbonyl (C=O) groups is 1. The van der Waals surface area contributed by atoms with E-state index in [1.165, 1.54) is 0 Å². The van der Waals surface area contributed by atoms with Crippen LogP contribution in [-0.2, 0) is 0 Å². The minimum Gasteiger partial charge on any atom is -0.334 e. The number of H-pyrrole nitrogens is 1. The highest BCUT2D eigenvalue weighted by atomic mass is 35.5. The van der Waals surface area contributed by atoms with Crippen molar-refractivity contribution in [2.24, 2.45) is 5.73 Å². The lowest BCUT2D eigenvalue weighted by Gasteiger charge is -2.35. The molecule has 1 aliphatic heterocycles. The van der Waals surface area contributed by atoms with E-state index in [0.29, 0.717) is 12.1 Å². The molecule has 1 unspecified atom stereocenters. The summed E-state index contributed by atoms with van der Waals surface area (Å²) >= 11 is 0. The van der Waals surface area contributed by atoms with Crippen molar-refractivity contribution in [3.63, 3.8) is 0 Å². The van der Waals surface area contributed by atoms with Crippen LogP contribution in [-0.4, -0.2) is 40.1 Å². The van der Waals surface area contributed by atoms with Gasteiger partial charge in [0.25, 0.3) is 5.91 Å². The van der Waals surface area contributed by atoms with Gasteiger partial charge in [-0.1, -0.05) is 12.1 Å². The van der Waals surface area contributed by atoms with Gasteiger partial charge in [-0.25, -0.2) is 0 Å².